The molecule has 4 aromatic carbocycles. The van der Waals surface area contributed by atoms with Gasteiger partial charge < -0.3 is 16.4 Å². The Hall–Kier alpha value is -3.50. The number of fused-ring (bicyclic) bond motifs is 1. The molecular weight excluding hydrogens is 521 g/mol. The first-order valence-corrected chi connectivity index (χ1v) is 13.9. The number of aryl methyl sites for hydroxylation is 1. The molecule has 1 aliphatic rings. The number of rotatable bonds is 7. The molecule has 0 unspecified atom stereocenters. The molecule has 0 fully saturated rings. The van der Waals surface area contributed by atoms with Crippen molar-refractivity contribution in [2.75, 3.05) is 36.1 Å². The first-order valence-electron chi connectivity index (χ1n) is 12.8. The number of allylic oxidation sites excluding steroid dienone is 5. The largest absolute Gasteiger partial charge is 0.378 e. The van der Waals surface area contributed by atoms with Crippen LogP contribution < -0.4 is 16.4 Å². The molecule has 4 aromatic rings. The van der Waals surface area contributed by atoms with Crippen LogP contribution in [0.15, 0.2) is 115 Å². The van der Waals surface area contributed by atoms with Crippen molar-refractivity contribution >= 4 is 56.6 Å². The first kappa shape index (κ1) is 28.5. The van der Waals surface area contributed by atoms with E-state index in [9.17, 15) is 0 Å². The van der Waals surface area contributed by atoms with Crippen LogP contribution in [0.4, 0.5) is 17.1 Å². The van der Waals surface area contributed by atoms with Crippen LogP contribution in [-0.2, 0) is 0 Å². The smallest absolute Gasteiger partial charge is 0.0470 e. The van der Waals surface area contributed by atoms with E-state index in [1.165, 1.54) is 16.3 Å². The third-order valence-electron chi connectivity index (χ3n) is 7.16. The van der Waals surface area contributed by atoms with Crippen molar-refractivity contribution in [2.45, 2.75) is 6.92 Å². The van der Waals surface area contributed by atoms with Crippen LogP contribution in [0.5, 0.6) is 0 Å². The van der Waals surface area contributed by atoms with Gasteiger partial charge in [0.15, 0.2) is 0 Å². The van der Waals surface area contributed by atoms with Crippen molar-refractivity contribution in [3.8, 4) is 0 Å². The molecule has 0 bridgehead atoms. The van der Waals surface area contributed by atoms with Crippen molar-refractivity contribution in [3.05, 3.63) is 131 Å². The van der Waals surface area contributed by atoms with Crippen molar-refractivity contribution in [2.24, 2.45) is 5.41 Å². The highest BCUT2D eigenvalue weighted by molar-refractivity contribution is 6.22. The summed E-state index contributed by atoms with van der Waals surface area (Å²) >= 11 is 12.7. The van der Waals surface area contributed by atoms with Crippen LogP contribution in [0, 0.1) is 12.3 Å². The lowest BCUT2D eigenvalue weighted by Crippen LogP contribution is -2.21. The Balaban J connectivity index is 0.00000353. The molecule has 4 N–H and O–H groups in total. The quantitative estimate of drug-likeness (QED) is 0.223. The highest BCUT2D eigenvalue weighted by Gasteiger charge is 2.26. The molecule has 0 saturated carbocycles. The van der Waals surface area contributed by atoms with Crippen molar-refractivity contribution in [3.63, 3.8) is 0 Å². The summed E-state index contributed by atoms with van der Waals surface area (Å²) in [5, 5.41) is 6.10. The number of hydrogen-bond donors (Lipinski definition) is 2. The summed E-state index contributed by atoms with van der Waals surface area (Å²) in [5.41, 5.74) is 8.75. The summed E-state index contributed by atoms with van der Waals surface area (Å²) in [7, 11) is 4.13. The van der Waals surface area contributed by atoms with Gasteiger partial charge in [-0.25, -0.2) is 0 Å². The van der Waals surface area contributed by atoms with E-state index in [0.717, 1.165) is 39.3 Å². The second kappa shape index (κ2) is 12.1. The molecule has 1 aliphatic carbocycles. The zero-order chi connectivity index (χ0) is 26.7. The fourth-order valence-electron chi connectivity index (χ4n) is 4.82. The van der Waals surface area contributed by atoms with Crippen molar-refractivity contribution in [1.82, 2.24) is 6.15 Å². The van der Waals surface area contributed by atoms with E-state index in [0.29, 0.717) is 11.8 Å². The summed E-state index contributed by atoms with van der Waals surface area (Å²) < 4.78 is 0. The molecule has 5 heteroatoms. The maximum Gasteiger partial charge on any atom is 0.0470 e. The Labute approximate surface area is 242 Å². The summed E-state index contributed by atoms with van der Waals surface area (Å²) in [6.45, 7) is 2.11. The zero-order valence-corrected chi connectivity index (χ0v) is 24.2. The number of anilines is 3. The SMILES string of the molecule is Cc1ccc(Nc2ccc3ccccc3c2C(=C2C=CC(CCl)(CCl)C=C2)c2ccc(N(C)C)cc2)cc1.N. The van der Waals surface area contributed by atoms with Gasteiger partial charge in [-0.2, -0.15) is 0 Å². The fourth-order valence-corrected chi connectivity index (χ4v) is 5.46. The number of nitrogens with one attached hydrogen (secondary N) is 1. The van der Waals surface area contributed by atoms with Crippen molar-refractivity contribution < 1.29 is 0 Å². The monoisotopic (exact) mass is 555 g/mol. The van der Waals surface area contributed by atoms with Crippen LogP contribution >= 0.6 is 23.2 Å². The third kappa shape index (κ3) is 5.91. The van der Waals surface area contributed by atoms with Gasteiger partial charge in [0.05, 0.1) is 0 Å². The Bertz CT molecular complexity index is 1510. The average molecular weight is 557 g/mol. The van der Waals surface area contributed by atoms with Crippen LogP contribution in [0.3, 0.4) is 0 Å². The lowest BCUT2D eigenvalue weighted by Gasteiger charge is -2.26. The normalized spacial score (nSPS) is 13.7. The highest BCUT2D eigenvalue weighted by atomic mass is 35.5. The Morgan fingerprint density at radius 2 is 1.44 bits per heavy atom. The van der Waals surface area contributed by atoms with E-state index in [4.69, 9.17) is 23.2 Å². The summed E-state index contributed by atoms with van der Waals surface area (Å²) in [6.07, 6.45) is 8.65. The number of benzene rings is 4. The summed E-state index contributed by atoms with van der Waals surface area (Å²) in [4.78, 5) is 2.12. The van der Waals surface area contributed by atoms with Crippen LogP contribution in [0.2, 0.25) is 0 Å². The van der Waals surface area contributed by atoms with E-state index in [1.807, 2.05) is 0 Å². The summed E-state index contributed by atoms with van der Waals surface area (Å²) in [6, 6.07) is 30.2. The molecule has 5 rings (SSSR count). The van der Waals surface area contributed by atoms with Gasteiger partial charge >= 0.3 is 0 Å². The molecule has 0 aliphatic heterocycles. The van der Waals surface area contributed by atoms with Gasteiger partial charge in [-0.1, -0.05) is 84.5 Å². The molecule has 0 amide bonds. The van der Waals surface area contributed by atoms with E-state index >= 15 is 0 Å². The van der Waals surface area contributed by atoms with Gasteiger partial charge in [0, 0.05) is 53.9 Å². The van der Waals surface area contributed by atoms with Crippen LogP contribution in [0.25, 0.3) is 16.3 Å². The van der Waals surface area contributed by atoms with Crippen LogP contribution in [0.1, 0.15) is 16.7 Å². The van der Waals surface area contributed by atoms with Crippen molar-refractivity contribution in [1.29, 1.82) is 0 Å². The van der Waals surface area contributed by atoms with Gasteiger partial charge in [-0.15, -0.1) is 23.2 Å². The number of nitrogens with zero attached hydrogens (tertiary/aromatic N) is 1. The predicted molar refractivity (Wildman–Crippen MR) is 172 cm³/mol. The number of alkyl halides is 2. The molecule has 0 spiro atoms. The molecular formula is C34H35Cl2N3. The van der Waals surface area contributed by atoms with E-state index in [2.05, 4.69) is 140 Å². The Morgan fingerprint density at radius 3 is 2.05 bits per heavy atom. The van der Waals surface area contributed by atoms with E-state index in [-0.39, 0.29) is 11.6 Å². The number of hydrogen-bond acceptors (Lipinski definition) is 3. The van der Waals surface area contributed by atoms with Gasteiger partial charge in [-0.3, -0.25) is 0 Å². The minimum absolute atomic E-state index is 0. The van der Waals surface area contributed by atoms with Gasteiger partial charge in [0.25, 0.3) is 0 Å². The zero-order valence-electron chi connectivity index (χ0n) is 22.7. The molecule has 0 saturated heterocycles. The average Bonchev–Trinajstić information content (AvgIpc) is 2.96. The maximum atomic E-state index is 6.33. The lowest BCUT2D eigenvalue weighted by atomic mass is 9.82. The fraction of sp³-hybridized carbons (Fsp3) is 0.176. The standard InChI is InChI=1S/C34H32Cl2N2.H3N/c1-24-8-13-28(14-9-24)37-31-17-12-25-6-4-5-7-30(25)33(31)32(26-10-15-29(16-11-26)38(2)3)27-18-20-34(22-35,23-36)21-19-27;/h4-21,37H,22-23H2,1-3H3;1H3. The highest BCUT2D eigenvalue weighted by Crippen LogP contribution is 2.42. The van der Waals surface area contributed by atoms with Gasteiger partial charge in [0.1, 0.15) is 0 Å². The second-order valence-corrected chi connectivity index (χ2v) is 10.7. The minimum atomic E-state index is -0.339. The maximum absolute atomic E-state index is 6.33. The predicted octanol–water partition coefficient (Wildman–Crippen LogP) is 9.51. The Kier molecular flexibility index (Phi) is 8.87. The molecule has 0 atom stereocenters. The molecule has 200 valence electrons. The van der Waals surface area contributed by atoms with E-state index < -0.39 is 0 Å². The topological polar surface area (TPSA) is 50.3 Å². The first-order chi connectivity index (χ1) is 18.4. The third-order valence-corrected chi connectivity index (χ3v) is 8.15. The van der Waals surface area contributed by atoms with Gasteiger partial charge in [0.2, 0.25) is 0 Å². The molecule has 3 nitrogen and oxygen atoms in total. The Morgan fingerprint density at radius 1 is 0.795 bits per heavy atom. The van der Waals surface area contributed by atoms with Crippen LogP contribution in [-0.4, -0.2) is 25.9 Å². The lowest BCUT2D eigenvalue weighted by molar-refractivity contribution is 0.638. The molecule has 39 heavy (non-hydrogen) atoms. The minimum Gasteiger partial charge on any atom is -0.378 e. The van der Waals surface area contributed by atoms with E-state index in [1.54, 1.807) is 0 Å². The number of halogens is 2. The summed E-state index contributed by atoms with van der Waals surface area (Å²) in [5.74, 6) is 0.885. The second-order valence-electron chi connectivity index (χ2n) is 10.1. The van der Waals surface area contributed by atoms with Gasteiger partial charge in [-0.05, 0) is 64.7 Å². The molecule has 0 aromatic heterocycles. The molecule has 0 radical (unpaired) electrons. The molecule has 0 heterocycles.